The molecule has 0 fully saturated rings. The van der Waals surface area contributed by atoms with Crippen molar-refractivity contribution in [2.24, 2.45) is 0 Å². The zero-order valence-electron chi connectivity index (χ0n) is 25.9. The second-order valence-corrected chi connectivity index (χ2v) is 13.4. The van der Waals surface area contributed by atoms with E-state index < -0.39 is 8.80 Å². The molecule has 0 aliphatic rings. The molecule has 0 radical (unpaired) electrons. The summed E-state index contributed by atoms with van der Waals surface area (Å²) in [5, 5.41) is 0.931. The van der Waals surface area contributed by atoms with Crippen molar-refractivity contribution in [2.45, 2.75) is 6.54 Å². The van der Waals surface area contributed by atoms with Crippen molar-refractivity contribution in [3.63, 3.8) is 0 Å². The monoisotopic (exact) mass is 624 g/mol. The van der Waals surface area contributed by atoms with Crippen LogP contribution in [0.1, 0.15) is 16.7 Å². The standard InChI is InChI=1S/C37H34N5O3Si/c1-43-46(44-2,45-3)31-17-15-30(16-18-31)27-42-24-20-28(21-25-42)13-14-29-19-23-39-37(26-29)36-12-7-11-35(41-36)34-10-6-9-33(40-34)32-8-4-5-22-38-32/h4-26H,27H2,1-3H3/q+1/b14-13+. The van der Waals surface area contributed by atoms with Crippen molar-refractivity contribution in [1.29, 1.82) is 0 Å². The van der Waals surface area contributed by atoms with E-state index in [1.54, 1.807) is 27.5 Å². The summed E-state index contributed by atoms with van der Waals surface area (Å²) in [6.07, 6.45) is 11.9. The molecule has 0 unspecified atom stereocenters. The van der Waals surface area contributed by atoms with Gasteiger partial charge in [-0.3, -0.25) is 9.97 Å². The minimum Gasteiger partial charge on any atom is -0.373 e. The maximum absolute atomic E-state index is 5.59. The molecule has 46 heavy (non-hydrogen) atoms. The predicted octanol–water partition coefficient (Wildman–Crippen LogP) is 5.86. The van der Waals surface area contributed by atoms with Gasteiger partial charge < -0.3 is 13.3 Å². The number of rotatable bonds is 11. The Kier molecular flexibility index (Phi) is 9.56. The van der Waals surface area contributed by atoms with Gasteiger partial charge in [0.1, 0.15) is 0 Å². The fourth-order valence-electron chi connectivity index (χ4n) is 5.15. The molecule has 0 N–H and O–H groups in total. The Labute approximate surface area is 270 Å². The molecule has 6 rings (SSSR count). The van der Waals surface area contributed by atoms with E-state index >= 15 is 0 Å². The summed E-state index contributed by atoms with van der Waals surface area (Å²) < 4.78 is 18.9. The van der Waals surface area contributed by atoms with Gasteiger partial charge in [-0.05, 0) is 59.7 Å². The molecule has 0 saturated carbocycles. The molecule has 0 aliphatic carbocycles. The molecule has 8 nitrogen and oxygen atoms in total. The third-order valence-corrected chi connectivity index (χ3v) is 10.3. The highest BCUT2D eigenvalue weighted by molar-refractivity contribution is 6.75. The molecule has 5 heterocycles. The number of nitrogens with zero attached hydrogens (tertiary/aromatic N) is 5. The van der Waals surface area contributed by atoms with E-state index in [1.165, 1.54) is 5.56 Å². The fraction of sp³-hybridized carbons (Fsp3) is 0.108. The predicted molar refractivity (Wildman–Crippen MR) is 181 cm³/mol. The lowest BCUT2D eigenvalue weighted by molar-refractivity contribution is -0.688. The van der Waals surface area contributed by atoms with Crippen LogP contribution in [0.4, 0.5) is 0 Å². The van der Waals surface area contributed by atoms with Crippen LogP contribution in [0.15, 0.2) is 128 Å². The molecule has 0 saturated heterocycles. The van der Waals surface area contributed by atoms with Crippen molar-refractivity contribution < 1.29 is 17.8 Å². The van der Waals surface area contributed by atoms with Gasteiger partial charge in [0, 0.05) is 56.6 Å². The summed E-state index contributed by atoms with van der Waals surface area (Å²) in [7, 11) is 2.02. The Balaban J connectivity index is 1.13. The molecule has 0 spiro atoms. The third-order valence-electron chi connectivity index (χ3n) is 7.60. The fourth-order valence-corrected chi connectivity index (χ4v) is 6.93. The molecule has 1 aromatic carbocycles. The topological polar surface area (TPSA) is 83.1 Å². The van der Waals surface area contributed by atoms with Gasteiger partial charge in [0.05, 0.1) is 34.2 Å². The van der Waals surface area contributed by atoms with Crippen LogP contribution >= 0.6 is 0 Å². The minimum atomic E-state index is -2.83. The highest BCUT2D eigenvalue weighted by atomic mass is 28.4. The van der Waals surface area contributed by atoms with E-state index in [-0.39, 0.29) is 0 Å². The van der Waals surface area contributed by atoms with Crippen molar-refractivity contribution in [3.8, 4) is 34.2 Å². The molecular formula is C37H34N5O3Si+. The molecule has 5 aromatic heterocycles. The first-order chi connectivity index (χ1) is 22.6. The molecule has 9 heteroatoms. The van der Waals surface area contributed by atoms with Crippen LogP contribution in [0.5, 0.6) is 0 Å². The zero-order valence-corrected chi connectivity index (χ0v) is 26.9. The van der Waals surface area contributed by atoms with Crippen LogP contribution in [0, 0.1) is 0 Å². The summed E-state index contributed by atoms with van der Waals surface area (Å²) in [5.74, 6) is 0. The number of aromatic nitrogens is 5. The second-order valence-electron chi connectivity index (χ2n) is 10.5. The average molecular weight is 625 g/mol. The Morgan fingerprint density at radius 3 is 1.74 bits per heavy atom. The van der Waals surface area contributed by atoms with E-state index in [0.29, 0.717) is 0 Å². The summed E-state index contributed by atoms with van der Waals surface area (Å²) in [5.41, 5.74) is 8.07. The van der Waals surface area contributed by atoms with Crippen molar-refractivity contribution in [3.05, 3.63) is 145 Å². The second kappa shape index (κ2) is 14.3. The van der Waals surface area contributed by atoms with Gasteiger partial charge in [-0.25, -0.2) is 14.5 Å². The first-order valence-corrected chi connectivity index (χ1v) is 16.6. The van der Waals surface area contributed by atoms with Crippen LogP contribution in [-0.2, 0) is 19.8 Å². The highest BCUT2D eigenvalue weighted by Crippen LogP contribution is 2.24. The minimum absolute atomic E-state index is 0.745. The molecule has 0 amide bonds. The Morgan fingerprint density at radius 2 is 1.13 bits per heavy atom. The van der Waals surface area contributed by atoms with Crippen molar-refractivity contribution >= 4 is 26.1 Å². The highest BCUT2D eigenvalue weighted by Gasteiger charge is 2.40. The normalized spacial score (nSPS) is 11.6. The van der Waals surface area contributed by atoms with Crippen LogP contribution in [-0.4, -0.2) is 50.1 Å². The van der Waals surface area contributed by atoms with Gasteiger partial charge >= 0.3 is 8.80 Å². The van der Waals surface area contributed by atoms with Gasteiger partial charge in [0.2, 0.25) is 0 Å². The van der Waals surface area contributed by atoms with Crippen LogP contribution in [0.3, 0.4) is 0 Å². The summed E-state index contributed by atoms with van der Waals surface area (Å²) >= 11 is 0. The SMILES string of the molecule is CO[Si](OC)(OC)c1ccc(C[n+]2ccc(/C=C/c3ccnc(-c4cccc(-c5cccc(-c6ccccn6)n5)n4)c3)cc2)cc1. The maximum Gasteiger partial charge on any atom is 0.536 e. The number of benzene rings is 1. The molecular weight excluding hydrogens is 591 g/mol. The molecule has 0 bridgehead atoms. The lowest BCUT2D eigenvalue weighted by atomic mass is 10.1. The van der Waals surface area contributed by atoms with Gasteiger partial charge in [-0.15, -0.1) is 0 Å². The molecule has 228 valence electrons. The Hall–Kier alpha value is -5.19. The van der Waals surface area contributed by atoms with E-state index in [0.717, 1.165) is 57.0 Å². The van der Waals surface area contributed by atoms with Gasteiger partial charge in [-0.2, -0.15) is 0 Å². The van der Waals surface area contributed by atoms with Crippen LogP contribution in [0.2, 0.25) is 0 Å². The van der Waals surface area contributed by atoms with Crippen molar-refractivity contribution in [2.75, 3.05) is 21.3 Å². The molecule has 0 aliphatic heterocycles. The third kappa shape index (κ3) is 7.03. The number of hydrogen-bond acceptors (Lipinski definition) is 7. The number of pyridine rings is 5. The van der Waals surface area contributed by atoms with E-state index in [9.17, 15) is 0 Å². The first-order valence-electron chi connectivity index (χ1n) is 14.8. The lowest BCUT2D eigenvalue weighted by Crippen LogP contribution is -2.54. The lowest BCUT2D eigenvalue weighted by Gasteiger charge is -2.24. The van der Waals surface area contributed by atoms with Crippen LogP contribution in [0.25, 0.3) is 46.3 Å². The first kappa shape index (κ1) is 30.8. The van der Waals surface area contributed by atoms with Gasteiger partial charge in [0.15, 0.2) is 18.9 Å². The van der Waals surface area contributed by atoms with E-state index in [1.807, 2.05) is 85.1 Å². The van der Waals surface area contributed by atoms with Crippen LogP contribution < -0.4 is 9.75 Å². The van der Waals surface area contributed by atoms with Gasteiger partial charge in [0.25, 0.3) is 0 Å². The Bertz CT molecular complexity index is 1920. The smallest absolute Gasteiger partial charge is 0.373 e. The van der Waals surface area contributed by atoms with Crippen molar-refractivity contribution in [1.82, 2.24) is 19.9 Å². The average Bonchev–Trinajstić information content (AvgIpc) is 3.13. The quantitative estimate of drug-likeness (QED) is 0.132. The van der Waals surface area contributed by atoms with E-state index in [4.69, 9.17) is 23.2 Å². The maximum atomic E-state index is 5.59. The number of hydrogen-bond donors (Lipinski definition) is 0. The van der Waals surface area contributed by atoms with Gasteiger partial charge in [-0.1, -0.05) is 54.6 Å². The molecule has 6 aromatic rings. The van der Waals surface area contributed by atoms with E-state index in [2.05, 4.69) is 63.3 Å². The summed E-state index contributed by atoms with van der Waals surface area (Å²) in [6.45, 7) is 0.745. The summed E-state index contributed by atoms with van der Waals surface area (Å²) in [6, 6.07) is 34.0. The summed E-state index contributed by atoms with van der Waals surface area (Å²) in [4.78, 5) is 18.7. The Morgan fingerprint density at radius 1 is 0.565 bits per heavy atom. The molecule has 0 atom stereocenters. The zero-order chi connectivity index (χ0) is 31.8. The largest absolute Gasteiger partial charge is 0.536 e.